The van der Waals surface area contributed by atoms with Crippen molar-refractivity contribution in [1.82, 2.24) is 9.97 Å². The van der Waals surface area contributed by atoms with Crippen molar-refractivity contribution in [3.8, 4) is 12.3 Å². The van der Waals surface area contributed by atoms with Gasteiger partial charge in [-0.3, -0.25) is 0 Å². The lowest BCUT2D eigenvalue weighted by molar-refractivity contribution is 0.869. The Morgan fingerprint density at radius 2 is 2.36 bits per heavy atom. The lowest BCUT2D eigenvalue weighted by atomic mass is 10.2. The summed E-state index contributed by atoms with van der Waals surface area (Å²) < 4.78 is 0. The van der Waals surface area contributed by atoms with E-state index in [4.69, 9.17) is 6.42 Å². The Hall–Kier alpha value is -1.56. The molecule has 0 bridgehead atoms. The van der Waals surface area contributed by atoms with Gasteiger partial charge in [-0.25, -0.2) is 9.97 Å². The summed E-state index contributed by atoms with van der Waals surface area (Å²) in [6, 6.07) is 1.94. The quantitative estimate of drug-likeness (QED) is 0.735. The number of nitrogens with one attached hydrogen (secondary N) is 1. The van der Waals surface area contributed by atoms with E-state index in [1.54, 1.807) is 6.33 Å². The molecule has 1 rings (SSSR count). The van der Waals surface area contributed by atoms with Crippen LogP contribution in [0.5, 0.6) is 0 Å². The van der Waals surface area contributed by atoms with E-state index in [2.05, 4.69) is 28.1 Å². The highest BCUT2D eigenvalue weighted by atomic mass is 15.0. The van der Waals surface area contributed by atoms with Crippen LogP contribution in [0.25, 0.3) is 0 Å². The lowest BCUT2D eigenvalue weighted by Crippen LogP contribution is -2.13. The maximum absolute atomic E-state index is 5.26. The van der Waals surface area contributed by atoms with Gasteiger partial charge in [0.05, 0.1) is 6.04 Å². The topological polar surface area (TPSA) is 37.8 Å². The van der Waals surface area contributed by atoms with E-state index in [1.165, 1.54) is 0 Å². The smallest absolute Gasteiger partial charge is 0.130 e. The molecule has 0 aromatic carbocycles. The molecule has 0 saturated carbocycles. The monoisotopic (exact) mass is 189 g/mol. The van der Waals surface area contributed by atoms with E-state index in [1.807, 2.05) is 13.0 Å². The zero-order valence-corrected chi connectivity index (χ0v) is 8.62. The molecule has 0 radical (unpaired) electrons. The Morgan fingerprint density at radius 1 is 1.57 bits per heavy atom. The first kappa shape index (κ1) is 10.5. The molecule has 1 unspecified atom stereocenters. The number of nitrogens with zero attached hydrogens (tertiary/aromatic N) is 2. The molecular formula is C11H15N3. The fraction of sp³-hybridized carbons (Fsp3) is 0.455. The van der Waals surface area contributed by atoms with E-state index in [9.17, 15) is 0 Å². The molecule has 3 heteroatoms. The van der Waals surface area contributed by atoms with Crippen LogP contribution in [0.1, 0.15) is 26.0 Å². The maximum atomic E-state index is 5.26. The van der Waals surface area contributed by atoms with Crippen LogP contribution in [0.2, 0.25) is 0 Å². The fourth-order valence-electron chi connectivity index (χ4n) is 1.13. The van der Waals surface area contributed by atoms with Crippen LogP contribution in [0.3, 0.4) is 0 Å². The number of hydrogen-bond donors (Lipinski definition) is 1. The highest BCUT2D eigenvalue weighted by Gasteiger charge is 2.00. The van der Waals surface area contributed by atoms with Crippen molar-refractivity contribution in [3.05, 3.63) is 18.1 Å². The van der Waals surface area contributed by atoms with Crippen molar-refractivity contribution in [2.75, 3.05) is 5.32 Å². The fourth-order valence-corrected chi connectivity index (χ4v) is 1.13. The molecule has 0 saturated heterocycles. The maximum Gasteiger partial charge on any atom is 0.130 e. The van der Waals surface area contributed by atoms with Gasteiger partial charge in [-0.2, -0.15) is 0 Å². The Bertz CT molecular complexity index is 328. The van der Waals surface area contributed by atoms with Gasteiger partial charge in [-0.1, -0.05) is 19.3 Å². The second-order valence-corrected chi connectivity index (χ2v) is 3.18. The van der Waals surface area contributed by atoms with Crippen molar-refractivity contribution in [1.29, 1.82) is 0 Å². The van der Waals surface area contributed by atoms with E-state index in [-0.39, 0.29) is 6.04 Å². The third kappa shape index (κ3) is 3.06. The number of rotatable bonds is 4. The van der Waals surface area contributed by atoms with Crippen molar-refractivity contribution >= 4 is 5.82 Å². The van der Waals surface area contributed by atoms with Crippen molar-refractivity contribution < 1.29 is 0 Å². The molecule has 0 amide bonds. The summed E-state index contributed by atoms with van der Waals surface area (Å²) in [5.41, 5.74) is 1.05. The van der Waals surface area contributed by atoms with E-state index in [0.717, 1.165) is 24.4 Å². The minimum Gasteiger partial charge on any atom is -0.357 e. The van der Waals surface area contributed by atoms with Crippen molar-refractivity contribution in [2.24, 2.45) is 0 Å². The number of hydrogen-bond acceptors (Lipinski definition) is 3. The average Bonchev–Trinajstić information content (AvgIpc) is 2.19. The molecule has 0 aliphatic carbocycles. The molecule has 1 N–H and O–H groups in total. The molecule has 14 heavy (non-hydrogen) atoms. The predicted molar refractivity (Wildman–Crippen MR) is 57.9 cm³/mol. The van der Waals surface area contributed by atoms with Crippen LogP contribution in [-0.4, -0.2) is 16.0 Å². The number of aryl methyl sites for hydroxylation is 1. The first-order chi connectivity index (χ1) is 6.76. The summed E-state index contributed by atoms with van der Waals surface area (Å²) in [4.78, 5) is 8.25. The molecule has 0 aliphatic rings. The second-order valence-electron chi connectivity index (χ2n) is 3.18. The van der Waals surface area contributed by atoms with Gasteiger partial charge in [-0.05, 0) is 13.3 Å². The number of aromatic nitrogens is 2. The molecule has 1 aromatic rings. The highest BCUT2D eigenvalue weighted by Crippen LogP contribution is 2.06. The Balaban J connectivity index is 2.69. The van der Waals surface area contributed by atoms with Gasteiger partial charge in [0, 0.05) is 11.8 Å². The van der Waals surface area contributed by atoms with Gasteiger partial charge >= 0.3 is 0 Å². The van der Waals surface area contributed by atoms with Gasteiger partial charge < -0.3 is 5.32 Å². The van der Waals surface area contributed by atoms with Crippen LogP contribution in [0, 0.1) is 12.3 Å². The average molecular weight is 189 g/mol. The van der Waals surface area contributed by atoms with E-state index >= 15 is 0 Å². The summed E-state index contributed by atoms with van der Waals surface area (Å²) in [5.74, 6) is 3.39. The minimum atomic E-state index is -0.000577. The van der Waals surface area contributed by atoms with E-state index in [0.29, 0.717) is 0 Å². The zero-order chi connectivity index (χ0) is 10.4. The largest absolute Gasteiger partial charge is 0.357 e. The van der Waals surface area contributed by atoms with Crippen molar-refractivity contribution in [3.63, 3.8) is 0 Å². The molecule has 1 heterocycles. The summed E-state index contributed by atoms with van der Waals surface area (Å²) in [5, 5.41) is 3.10. The molecular weight excluding hydrogens is 174 g/mol. The molecule has 3 nitrogen and oxygen atoms in total. The van der Waals surface area contributed by atoms with Gasteiger partial charge in [-0.15, -0.1) is 6.42 Å². The van der Waals surface area contributed by atoms with Crippen LogP contribution < -0.4 is 5.32 Å². The zero-order valence-electron chi connectivity index (χ0n) is 8.62. The minimum absolute atomic E-state index is 0.000577. The third-order valence-electron chi connectivity index (χ3n) is 1.84. The molecule has 74 valence electrons. The third-order valence-corrected chi connectivity index (χ3v) is 1.84. The standard InChI is InChI=1S/C11H15N3/c1-4-6-10-7-11(13-8-12-10)14-9(3)5-2/h2,7-9H,4,6H2,1,3H3,(H,12,13,14). The van der Waals surface area contributed by atoms with E-state index < -0.39 is 0 Å². The van der Waals surface area contributed by atoms with Gasteiger partial charge in [0.25, 0.3) is 0 Å². The molecule has 0 spiro atoms. The second kappa shape index (κ2) is 5.23. The van der Waals surface area contributed by atoms with Crippen molar-refractivity contribution in [2.45, 2.75) is 32.7 Å². The Morgan fingerprint density at radius 3 is 3.00 bits per heavy atom. The number of terminal acetylenes is 1. The van der Waals surface area contributed by atoms with Crippen LogP contribution in [0.15, 0.2) is 12.4 Å². The summed E-state index contributed by atoms with van der Waals surface area (Å²) in [7, 11) is 0. The van der Waals surface area contributed by atoms with Gasteiger partial charge in [0.15, 0.2) is 0 Å². The molecule has 0 fully saturated rings. The first-order valence-electron chi connectivity index (χ1n) is 4.79. The Kier molecular flexibility index (Phi) is 3.93. The molecule has 1 aromatic heterocycles. The van der Waals surface area contributed by atoms with Crippen LogP contribution in [0.4, 0.5) is 5.82 Å². The molecule has 1 atom stereocenters. The highest BCUT2D eigenvalue weighted by molar-refractivity contribution is 5.37. The first-order valence-corrected chi connectivity index (χ1v) is 4.79. The SMILES string of the molecule is C#CC(C)Nc1cc(CCC)ncn1. The Labute approximate surface area is 85.0 Å². The predicted octanol–water partition coefficient (Wildman–Crippen LogP) is 1.86. The molecule has 0 aliphatic heterocycles. The summed E-state index contributed by atoms with van der Waals surface area (Å²) in [6.45, 7) is 4.04. The van der Waals surface area contributed by atoms with Gasteiger partial charge in [0.2, 0.25) is 0 Å². The van der Waals surface area contributed by atoms with Gasteiger partial charge in [0.1, 0.15) is 12.1 Å². The summed E-state index contributed by atoms with van der Waals surface area (Å²) in [6.07, 6.45) is 8.89. The normalized spacial score (nSPS) is 11.8. The van der Waals surface area contributed by atoms with Crippen LogP contribution in [-0.2, 0) is 6.42 Å². The lowest BCUT2D eigenvalue weighted by Gasteiger charge is -2.08. The number of anilines is 1. The summed E-state index contributed by atoms with van der Waals surface area (Å²) >= 11 is 0. The van der Waals surface area contributed by atoms with Crippen LogP contribution >= 0.6 is 0 Å².